The van der Waals surface area contributed by atoms with Crippen LogP contribution in [0.15, 0.2) is 59.6 Å². The molecule has 0 unspecified atom stereocenters. The molecule has 4 rings (SSSR count). The van der Waals surface area contributed by atoms with Crippen molar-refractivity contribution in [1.29, 1.82) is 0 Å². The number of amides is 1. The Bertz CT molecular complexity index is 1130. The first kappa shape index (κ1) is 18.0. The van der Waals surface area contributed by atoms with E-state index >= 15 is 0 Å². The number of rotatable bonds is 2. The van der Waals surface area contributed by atoms with E-state index in [2.05, 4.69) is 10.3 Å². The molecule has 3 aromatic rings. The van der Waals surface area contributed by atoms with Crippen LogP contribution in [0.4, 0.5) is 15.8 Å². The highest BCUT2D eigenvalue weighted by molar-refractivity contribution is 6.34. The first-order valence-corrected chi connectivity index (χ1v) is 8.78. The molecule has 0 bridgehead atoms. The lowest BCUT2D eigenvalue weighted by atomic mass is 10.0. The van der Waals surface area contributed by atoms with Gasteiger partial charge in [-0.1, -0.05) is 29.8 Å². The third kappa shape index (κ3) is 3.30. The van der Waals surface area contributed by atoms with Gasteiger partial charge in [0, 0.05) is 5.56 Å². The van der Waals surface area contributed by atoms with E-state index in [-0.39, 0.29) is 40.2 Å². The van der Waals surface area contributed by atoms with Crippen molar-refractivity contribution in [2.45, 2.75) is 6.42 Å². The first-order valence-electron chi connectivity index (χ1n) is 8.40. The predicted octanol–water partition coefficient (Wildman–Crippen LogP) is 5.02. The molecule has 0 saturated heterocycles. The van der Waals surface area contributed by atoms with E-state index in [1.54, 1.807) is 24.3 Å². The fraction of sp³-hybridized carbons (Fsp3) is 0.0476. The lowest BCUT2D eigenvalue weighted by molar-refractivity contribution is -0.115. The van der Waals surface area contributed by atoms with Gasteiger partial charge < -0.3 is 15.5 Å². The SMILES string of the molecule is O=C1CC(c2ccc(O)c(Cl)c2O)=Nc2cc(-c3ccc(F)cc3)ccc2N1. The number of phenolic OH excluding ortho intramolecular Hbond substituents is 2. The van der Waals surface area contributed by atoms with Crippen LogP contribution in [0, 0.1) is 5.82 Å². The number of halogens is 2. The van der Waals surface area contributed by atoms with Crippen LogP contribution in [0.2, 0.25) is 5.02 Å². The summed E-state index contributed by atoms with van der Waals surface area (Å²) in [6, 6.07) is 14.1. The summed E-state index contributed by atoms with van der Waals surface area (Å²) in [4.78, 5) is 16.8. The van der Waals surface area contributed by atoms with Crippen LogP contribution in [0.3, 0.4) is 0 Å². The van der Waals surface area contributed by atoms with Crippen LogP contribution < -0.4 is 5.32 Å². The molecule has 0 saturated carbocycles. The summed E-state index contributed by atoms with van der Waals surface area (Å²) >= 11 is 5.91. The zero-order valence-corrected chi connectivity index (χ0v) is 15.2. The second-order valence-electron chi connectivity index (χ2n) is 6.32. The monoisotopic (exact) mass is 396 g/mol. The minimum atomic E-state index is -0.341. The highest BCUT2D eigenvalue weighted by Crippen LogP contribution is 2.38. The van der Waals surface area contributed by atoms with Crippen LogP contribution in [0.5, 0.6) is 11.5 Å². The number of aromatic hydroxyl groups is 2. The van der Waals surface area contributed by atoms with Gasteiger partial charge in [-0.3, -0.25) is 4.79 Å². The van der Waals surface area contributed by atoms with E-state index in [1.807, 2.05) is 6.07 Å². The van der Waals surface area contributed by atoms with E-state index in [0.717, 1.165) is 11.1 Å². The van der Waals surface area contributed by atoms with Crippen molar-refractivity contribution in [2.24, 2.45) is 4.99 Å². The topological polar surface area (TPSA) is 81.9 Å². The Labute approximate surface area is 164 Å². The van der Waals surface area contributed by atoms with Gasteiger partial charge in [0.2, 0.25) is 5.91 Å². The summed E-state index contributed by atoms with van der Waals surface area (Å²) < 4.78 is 13.2. The van der Waals surface area contributed by atoms with E-state index in [9.17, 15) is 19.4 Å². The van der Waals surface area contributed by atoms with Crippen LogP contribution in [0.25, 0.3) is 11.1 Å². The van der Waals surface area contributed by atoms with Crippen molar-refractivity contribution >= 4 is 34.6 Å². The number of fused-ring (bicyclic) bond motifs is 1. The van der Waals surface area contributed by atoms with Crippen LogP contribution >= 0.6 is 11.6 Å². The lowest BCUT2D eigenvalue weighted by Crippen LogP contribution is -2.15. The van der Waals surface area contributed by atoms with Gasteiger partial charge in [0.05, 0.1) is 23.5 Å². The van der Waals surface area contributed by atoms with Gasteiger partial charge in [0.15, 0.2) is 0 Å². The van der Waals surface area contributed by atoms with Gasteiger partial charge in [-0.25, -0.2) is 9.38 Å². The molecule has 1 amide bonds. The molecule has 3 aromatic carbocycles. The molecule has 7 heteroatoms. The van der Waals surface area contributed by atoms with E-state index in [1.165, 1.54) is 24.3 Å². The number of phenols is 2. The Morgan fingerprint density at radius 2 is 1.71 bits per heavy atom. The molecule has 28 heavy (non-hydrogen) atoms. The number of nitrogens with one attached hydrogen (secondary N) is 1. The molecule has 1 heterocycles. The average molecular weight is 397 g/mol. The largest absolute Gasteiger partial charge is 0.506 e. The normalized spacial score (nSPS) is 13.4. The number of hydrogen-bond acceptors (Lipinski definition) is 4. The molecule has 1 aliphatic heterocycles. The predicted molar refractivity (Wildman–Crippen MR) is 106 cm³/mol. The van der Waals surface area contributed by atoms with E-state index in [4.69, 9.17) is 11.6 Å². The molecule has 0 aromatic heterocycles. The Balaban J connectivity index is 1.84. The fourth-order valence-electron chi connectivity index (χ4n) is 3.03. The van der Waals surface area contributed by atoms with Gasteiger partial charge >= 0.3 is 0 Å². The zero-order chi connectivity index (χ0) is 19.8. The summed E-state index contributed by atoms with van der Waals surface area (Å²) in [6.45, 7) is 0. The van der Waals surface area contributed by atoms with Crippen LogP contribution in [-0.4, -0.2) is 21.8 Å². The smallest absolute Gasteiger partial charge is 0.230 e. The molecule has 1 aliphatic rings. The molecule has 0 spiro atoms. The summed E-state index contributed by atoms with van der Waals surface area (Å²) in [6.07, 6.45) is -0.0742. The first-order chi connectivity index (χ1) is 13.4. The minimum Gasteiger partial charge on any atom is -0.506 e. The maximum Gasteiger partial charge on any atom is 0.230 e. The number of carbonyl (C=O) groups is 1. The molecule has 0 fully saturated rings. The summed E-state index contributed by atoms with van der Waals surface area (Å²) in [5, 5.41) is 22.5. The van der Waals surface area contributed by atoms with Gasteiger partial charge in [-0.05, 0) is 47.5 Å². The van der Waals surface area contributed by atoms with Crippen molar-refractivity contribution in [3.8, 4) is 22.6 Å². The van der Waals surface area contributed by atoms with Crippen molar-refractivity contribution in [3.63, 3.8) is 0 Å². The summed E-state index contributed by atoms with van der Waals surface area (Å²) in [5.74, 6) is -1.23. The van der Waals surface area contributed by atoms with Crippen molar-refractivity contribution < 1.29 is 19.4 Å². The second-order valence-corrected chi connectivity index (χ2v) is 6.70. The number of hydrogen-bond donors (Lipinski definition) is 3. The molecule has 3 N–H and O–H groups in total. The average Bonchev–Trinajstić information content (AvgIpc) is 2.84. The molecular formula is C21H14ClFN2O3. The van der Waals surface area contributed by atoms with Gasteiger partial charge in [0.1, 0.15) is 22.3 Å². The van der Waals surface area contributed by atoms with Gasteiger partial charge in [-0.2, -0.15) is 0 Å². The van der Waals surface area contributed by atoms with E-state index in [0.29, 0.717) is 17.1 Å². The number of anilines is 1. The highest BCUT2D eigenvalue weighted by Gasteiger charge is 2.21. The van der Waals surface area contributed by atoms with Crippen molar-refractivity contribution in [2.75, 3.05) is 5.32 Å². The minimum absolute atomic E-state index is 0.0742. The molecule has 0 atom stereocenters. The molecule has 5 nitrogen and oxygen atoms in total. The maximum atomic E-state index is 13.2. The molecule has 0 radical (unpaired) electrons. The number of aliphatic imine (C=N–C) groups is 1. The van der Waals surface area contributed by atoms with E-state index < -0.39 is 0 Å². The van der Waals surface area contributed by atoms with Crippen molar-refractivity contribution in [1.82, 2.24) is 0 Å². The van der Waals surface area contributed by atoms with Gasteiger partial charge in [0.25, 0.3) is 0 Å². The Kier molecular flexibility index (Phi) is 4.49. The number of nitrogens with zero attached hydrogens (tertiary/aromatic N) is 1. The van der Waals surface area contributed by atoms with Gasteiger partial charge in [-0.15, -0.1) is 0 Å². The second kappa shape index (κ2) is 6.98. The third-order valence-electron chi connectivity index (χ3n) is 4.44. The quantitative estimate of drug-likeness (QED) is 0.568. The number of carbonyl (C=O) groups excluding carboxylic acids is 1. The molecular weight excluding hydrogens is 383 g/mol. The zero-order valence-electron chi connectivity index (χ0n) is 14.4. The Morgan fingerprint density at radius 1 is 1.00 bits per heavy atom. The van der Waals surface area contributed by atoms with Crippen LogP contribution in [-0.2, 0) is 4.79 Å². The molecule has 140 valence electrons. The lowest BCUT2D eigenvalue weighted by Gasteiger charge is -2.09. The fourth-order valence-corrected chi connectivity index (χ4v) is 3.19. The Morgan fingerprint density at radius 3 is 2.46 bits per heavy atom. The van der Waals surface area contributed by atoms with Crippen LogP contribution in [0.1, 0.15) is 12.0 Å². The molecule has 0 aliphatic carbocycles. The summed E-state index contributed by atoms with van der Waals surface area (Å²) in [7, 11) is 0. The number of benzene rings is 3. The Hall–Kier alpha value is -3.38. The maximum absolute atomic E-state index is 13.2. The highest BCUT2D eigenvalue weighted by atomic mass is 35.5. The van der Waals surface area contributed by atoms with Crippen molar-refractivity contribution in [3.05, 3.63) is 71.0 Å². The third-order valence-corrected chi connectivity index (χ3v) is 4.81. The summed E-state index contributed by atoms with van der Waals surface area (Å²) in [5.41, 5.74) is 3.18. The standard InChI is InChI=1S/C21H14ClFN2O3/c22-20-18(26)8-6-14(21(20)28)16-10-19(27)25-15-7-3-12(9-17(15)24-16)11-1-4-13(23)5-2-11/h1-9,26,28H,10H2,(H,25,27).